The molecule has 5 rings (SSSR count). The van der Waals surface area contributed by atoms with Crippen molar-refractivity contribution in [1.82, 2.24) is 20.0 Å². The Morgan fingerprint density at radius 2 is 1.94 bits per heavy atom. The summed E-state index contributed by atoms with van der Waals surface area (Å²) in [6.07, 6.45) is 3.88. The third-order valence-corrected chi connectivity index (χ3v) is 5.90. The highest BCUT2D eigenvalue weighted by atomic mass is 16.5. The smallest absolute Gasteiger partial charge is 0.244 e. The fourth-order valence-corrected chi connectivity index (χ4v) is 4.22. The molecule has 4 heterocycles. The molecule has 2 fully saturated rings. The maximum absolute atomic E-state index is 8.99. The van der Waals surface area contributed by atoms with Crippen LogP contribution in [0.3, 0.4) is 0 Å². The van der Waals surface area contributed by atoms with Crippen LogP contribution in [0.15, 0.2) is 47.1 Å². The first-order chi connectivity index (χ1) is 15.3. The molecule has 3 aromatic rings. The van der Waals surface area contributed by atoms with Crippen molar-refractivity contribution in [2.45, 2.75) is 25.4 Å². The van der Waals surface area contributed by atoms with E-state index in [4.69, 9.17) is 19.5 Å². The van der Waals surface area contributed by atoms with Gasteiger partial charge in [0.2, 0.25) is 11.7 Å². The topological polar surface area (TPSA) is 91.3 Å². The van der Waals surface area contributed by atoms with E-state index in [9.17, 15) is 0 Å². The standard InChI is InChI=1S/C23H24N6O2/c24-15-17-3-5-18(6-4-17)16-29-9-1-2-20(29)23-26-22(27-31-23)19-7-8-25-21(14-19)28-10-12-30-13-11-28/h3-8,14,20H,1-2,9-13,16H2. The molecule has 2 aliphatic heterocycles. The van der Waals surface area contributed by atoms with Gasteiger partial charge >= 0.3 is 0 Å². The molecule has 1 aromatic carbocycles. The number of rotatable bonds is 5. The lowest BCUT2D eigenvalue weighted by molar-refractivity contribution is 0.122. The zero-order valence-electron chi connectivity index (χ0n) is 17.3. The highest BCUT2D eigenvalue weighted by Crippen LogP contribution is 2.33. The van der Waals surface area contributed by atoms with Crippen LogP contribution in [-0.4, -0.2) is 52.9 Å². The maximum atomic E-state index is 8.99. The summed E-state index contributed by atoms with van der Waals surface area (Å²) >= 11 is 0. The average molecular weight is 416 g/mol. The first-order valence-electron chi connectivity index (χ1n) is 10.7. The van der Waals surface area contributed by atoms with Crippen LogP contribution in [0.2, 0.25) is 0 Å². The number of morpholine rings is 1. The van der Waals surface area contributed by atoms with E-state index in [0.29, 0.717) is 17.3 Å². The molecule has 2 aromatic heterocycles. The van der Waals surface area contributed by atoms with E-state index in [2.05, 4.69) is 26.0 Å². The number of hydrogen-bond acceptors (Lipinski definition) is 8. The molecule has 1 atom stereocenters. The van der Waals surface area contributed by atoms with Gasteiger partial charge in [-0.25, -0.2) is 4.98 Å². The summed E-state index contributed by atoms with van der Waals surface area (Å²) < 4.78 is 11.1. The quantitative estimate of drug-likeness (QED) is 0.626. The van der Waals surface area contributed by atoms with Gasteiger partial charge in [-0.2, -0.15) is 10.2 Å². The zero-order chi connectivity index (χ0) is 21.0. The molecule has 0 amide bonds. The molecule has 2 saturated heterocycles. The van der Waals surface area contributed by atoms with Crippen molar-refractivity contribution in [3.8, 4) is 17.5 Å². The number of aromatic nitrogens is 3. The molecular formula is C23H24N6O2. The highest BCUT2D eigenvalue weighted by molar-refractivity contribution is 5.59. The summed E-state index contributed by atoms with van der Waals surface area (Å²) in [4.78, 5) is 13.8. The Balaban J connectivity index is 1.32. The second-order valence-corrected chi connectivity index (χ2v) is 7.90. The molecule has 0 saturated carbocycles. The minimum Gasteiger partial charge on any atom is -0.378 e. The van der Waals surface area contributed by atoms with Crippen LogP contribution >= 0.6 is 0 Å². The Hall–Kier alpha value is -3.28. The van der Waals surface area contributed by atoms with Gasteiger partial charge in [0.1, 0.15) is 5.82 Å². The predicted octanol–water partition coefficient (Wildman–Crippen LogP) is 3.18. The molecule has 1 unspecified atom stereocenters. The third-order valence-electron chi connectivity index (χ3n) is 5.90. The van der Waals surface area contributed by atoms with Gasteiger partial charge in [0.25, 0.3) is 0 Å². The number of anilines is 1. The number of hydrogen-bond donors (Lipinski definition) is 0. The van der Waals surface area contributed by atoms with E-state index < -0.39 is 0 Å². The van der Waals surface area contributed by atoms with E-state index in [0.717, 1.165) is 63.6 Å². The summed E-state index contributed by atoms with van der Waals surface area (Å²) in [5.74, 6) is 2.17. The second kappa shape index (κ2) is 8.84. The zero-order valence-corrected chi connectivity index (χ0v) is 17.3. The largest absolute Gasteiger partial charge is 0.378 e. The van der Waals surface area contributed by atoms with Gasteiger partial charge in [-0.1, -0.05) is 17.3 Å². The number of nitriles is 1. The second-order valence-electron chi connectivity index (χ2n) is 7.90. The fourth-order valence-electron chi connectivity index (χ4n) is 4.22. The lowest BCUT2D eigenvalue weighted by Crippen LogP contribution is -2.36. The molecule has 0 radical (unpaired) electrons. The van der Waals surface area contributed by atoms with Gasteiger partial charge in [-0.05, 0) is 49.2 Å². The monoisotopic (exact) mass is 416 g/mol. The predicted molar refractivity (Wildman–Crippen MR) is 114 cm³/mol. The number of pyridine rings is 1. The maximum Gasteiger partial charge on any atom is 0.244 e. The minimum atomic E-state index is 0.109. The van der Waals surface area contributed by atoms with Gasteiger partial charge in [0.05, 0.1) is 30.9 Å². The van der Waals surface area contributed by atoms with Gasteiger partial charge in [-0.3, -0.25) is 4.90 Å². The lowest BCUT2D eigenvalue weighted by Gasteiger charge is -2.27. The molecular weight excluding hydrogens is 392 g/mol. The van der Waals surface area contributed by atoms with Crippen molar-refractivity contribution in [2.24, 2.45) is 0 Å². The SMILES string of the molecule is N#Cc1ccc(CN2CCCC2c2nc(-c3ccnc(N4CCOCC4)c3)no2)cc1. The van der Waals surface area contributed by atoms with Crippen LogP contribution in [0.5, 0.6) is 0 Å². The molecule has 0 N–H and O–H groups in total. The molecule has 0 aliphatic carbocycles. The molecule has 0 bridgehead atoms. The molecule has 31 heavy (non-hydrogen) atoms. The summed E-state index contributed by atoms with van der Waals surface area (Å²) in [6, 6.07) is 14.0. The van der Waals surface area contributed by atoms with Crippen molar-refractivity contribution in [2.75, 3.05) is 37.7 Å². The lowest BCUT2D eigenvalue weighted by atomic mass is 10.1. The van der Waals surface area contributed by atoms with Crippen molar-refractivity contribution in [3.63, 3.8) is 0 Å². The molecule has 8 nitrogen and oxygen atoms in total. The molecule has 8 heteroatoms. The van der Waals surface area contributed by atoms with Crippen molar-refractivity contribution < 1.29 is 9.26 Å². The Labute approximate surface area is 181 Å². The van der Waals surface area contributed by atoms with E-state index in [1.54, 1.807) is 6.20 Å². The Morgan fingerprint density at radius 1 is 1.10 bits per heavy atom. The van der Waals surface area contributed by atoms with Crippen molar-refractivity contribution in [1.29, 1.82) is 5.26 Å². The van der Waals surface area contributed by atoms with Crippen LogP contribution in [0.4, 0.5) is 5.82 Å². The Kier molecular flexibility index (Phi) is 5.61. The average Bonchev–Trinajstić information content (AvgIpc) is 3.50. The summed E-state index contributed by atoms with van der Waals surface area (Å²) in [5, 5.41) is 13.3. The van der Waals surface area contributed by atoms with Crippen LogP contribution < -0.4 is 4.90 Å². The van der Waals surface area contributed by atoms with Gasteiger partial charge in [0.15, 0.2) is 0 Å². The van der Waals surface area contributed by atoms with E-state index in [1.807, 2.05) is 36.4 Å². The van der Waals surface area contributed by atoms with E-state index >= 15 is 0 Å². The summed E-state index contributed by atoms with van der Waals surface area (Å²) in [5.41, 5.74) is 2.76. The number of ether oxygens (including phenoxy) is 1. The minimum absolute atomic E-state index is 0.109. The highest BCUT2D eigenvalue weighted by Gasteiger charge is 2.31. The van der Waals surface area contributed by atoms with Gasteiger partial charge in [-0.15, -0.1) is 0 Å². The van der Waals surface area contributed by atoms with Crippen LogP contribution in [0.1, 0.15) is 35.9 Å². The first-order valence-corrected chi connectivity index (χ1v) is 10.7. The number of likely N-dealkylation sites (tertiary alicyclic amines) is 1. The van der Waals surface area contributed by atoms with E-state index in [-0.39, 0.29) is 6.04 Å². The summed E-state index contributed by atoms with van der Waals surface area (Å²) in [7, 11) is 0. The normalized spacial score (nSPS) is 19.5. The van der Waals surface area contributed by atoms with E-state index in [1.165, 1.54) is 5.56 Å². The van der Waals surface area contributed by atoms with Gasteiger partial charge in [0, 0.05) is 31.4 Å². The Morgan fingerprint density at radius 3 is 2.74 bits per heavy atom. The molecule has 158 valence electrons. The molecule has 2 aliphatic rings. The number of nitrogens with zero attached hydrogens (tertiary/aromatic N) is 6. The van der Waals surface area contributed by atoms with Crippen LogP contribution in [0, 0.1) is 11.3 Å². The molecule has 0 spiro atoms. The third kappa shape index (κ3) is 4.29. The van der Waals surface area contributed by atoms with Crippen molar-refractivity contribution >= 4 is 5.82 Å². The number of benzene rings is 1. The van der Waals surface area contributed by atoms with Gasteiger partial charge < -0.3 is 14.2 Å². The van der Waals surface area contributed by atoms with Crippen LogP contribution in [-0.2, 0) is 11.3 Å². The van der Waals surface area contributed by atoms with Crippen molar-refractivity contribution in [3.05, 3.63) is 59.6 Å². The fraction of sp³-hybridized carbons (Fsp3) is 0.391. The Bertz CT molecular complexity index is 1070. The summed E-state index contributed by atoms with van der Waals surface area (Å²) in [6.45, 7) is 4.88. The van der Waals surface area contributed by atoms with Crippen LogP contribution in [0.25, 0.3) is 11.4 Å². The first kappa shape index (κ1) is 19.7.